The van der Waals surface area contributed by atoms with Crippen LogP contribution in [0.4, 0.5) is 0 Å². The Morgan fingerprint density at radius 2 is 2.45 bits per heavy atom. The Labute approximate surface area is 65.3 Å². The largest absolute Gasteiger partial charge is 0.289 e. The zero-order chi connectivity index (χ0) is 8.43. The lowest BCUT2D eigenvalue weighted by Crippen LogP contribution is -1.97. The van der Waals surface area contributed by atoms with Gasteiger partial charge >= 0.3 is 0 Å². The van der Waals surface area contributed by atoms with Crippen LogP contribution in [0.15, 0.2) is 18.9 Å². The number of carbonyl (C=O) groups is 1. The van der Waals surface area contributed by atoms with Gasteiger partial charge < -0.3 is 0 Å². The minimum Gasteiger partial charge on any atom is -0.289 e. The summed E-state index contributed by atoms with van der Waals surface area (Å²) in [7, 11) is 1.80. The zero-order valence-electron chi connectivity index (χ0n) is 6.66. The van der Waals surface area contributed by atoms with Crippen LogP contribution >= 0.6 is 0 Å². The number of carbonyl (C=O) groups excluding carboxylic acids is 1. The van der Waals surface area contributed by atoms with E-state index in [1.807, 2.05) is 6.92 Å². The smallest absolute Gasteiger partial charge is 0.188 e. The third kappa shape index (κ3) is 1.22. The lowest BCUT2D eigenvalue weighted by molar-refractivity contribution is 0.104. The van der Waals surface area contributed by atoms with E-state index in [-0.39, 0.29) is 5.78 Å². The van der Waals surface area contributed by atoms with Gasteiger partial charge in [0, 0.05) is 12.7 Å². The van der Waals surface area contributed by atoms with Crippen LogP contribution in [0.25, 0.3) is 0 Å². The fourth-order valence-electron chi connectivity index (χ4n) is 0.851. The van der Waals surface area contributed by atoms with Gasteiger partial charge in [0.05, 0.1) is 11.8 Å². The molecule has 0 atom stereocenters. The number of rotatable bonds is 2. The molecular formula is C8H10N2O. The van der Waals surface area contributed by atoms with Crippen molar-refractivity contribution < 1.29 is 4.79 Å². The first kappa shape index (κ1) is 7.72. The van der Waals surface area contributed by atoms with Gasteiger partial charge in [-0.15, -0.1) is 0 Å². The Bertz CT molecular complexity index is 299. The molecule has 0 aliphatic carbocycles. The molecule has 11 heavy (non-hydrogen) atoms. The Morgan fingerprint density at radius 1 is 1.82 bits per heavy atom. The van der Waals surface area contributed by atoms with Gasteiger partial charge in [0.15, 0.2) is 5.78 Å². The Kier molecular flexibility index (Phi) is 1.89. The maximum atomic E-state index is 11.1. The highest BCUT2D eigenvalue weighted by atomic mass is 16.1. The van der Waals surface area contributed by atoms with E-state index in [0.717, 1.165) is 5.69 Å². The van der Waals surface area contributed by atoms with Crippen molar-refractivity contribution in [3.8, 4) is 0 Å². The summed E-state index contributed by atoms with van der Waals surface area (Å²) in [5, 5.41) is 3.93. The van der Waals surface area contributed by atoms with Crippen molar-refractivity contribution in [3.05, 3.63) is 30.1 Å². The van der Waals surface area contributed by atoms with Gasteiger partial charge in [-0.25, -0.2) is 0 Å². The van der Waals surface area contributed by atoms with Gasteiger partial charge in [0.2, 0.25) is 0 Å². The van der Waals surface area contributed by atoms with E-state index in [1.54, 1.807) is 17.9 Å². The second kappa shape index (κ2) is 2.70. The Balaban J connectivity index is 3.14. The number of ketones is 1. The second-order valence-electron chi connectivity index (χ2n) is 2.34. The van der Waals surface area contributed by atoms with E-state index in [4.69, 9.17) is 0 Å². The molecule has 1 aromatic rings. The molecule has 0 aliphatic heterocycles. The number of hydrogen-bond donors (Lipinski definition) is 0. The monoisotopic (exact) mass is 150 g/mol. The molecule has 3 heteroatoms. The van der Waals surface area contributed by atoms with Gasteiger partial charge in [-0.3, -0.25) is 9.48 Å². The van der Waals surface area contributed by atoms with Crippen LogP contribution in [0.1, 0.15) is 16.1 Å². The first-order chi connectivity index (χ1) is 5.16. The molecular weight excluding hydrogens is 140 g/mol. The predicted octanol–water partition coefficient (Wildman–Crippen LogP) is 1.10. The predicted molar refractivity (Wildman–Crippen MR) is 42.5 cm³/mol. The molecule has 0 saturated heterocycles. The summed E-state index contributed by atoms with van der Waals surface area (Å²) in [4.78, 5) is 11.1. The van der Waals surface area contributed by atoms with E-state index in [9.17, 15) is 4.79 Å². The van der Waals surface area contributed by atoms with Gasteiger partial charge in [-0.1, -0.05) is 6.58 Å². The summed E-state index contributed by atoms with van der Waals surface area (Å²) in [5.74, 6) is -0.0735. The molecule has 0 unspecified atom stereocenters. The quantitative estimate of drug-likeness (QED) is 0.467. The number of aromatic nitrogens is 2. The molecule has 0 aromatic carbocycles. The average Bonchev–Trinajstić information content (AvgIpc) is 2.32. The van der Waals surface area contributed by atoms with Crippen LogP contribution in [0, 0.1) is 6.92 Å². The molecule has 1 aromatic heterocycles. The summed E-state index contributed by atoms with van der Waals surface area (Å²) in [6.07, 6.45) is 2.85. The second-order valence-corrected chi connectivity index (χ2v) is 2.34. The van der Waals surface area contributed by atoms with Crippen LogP contribution in [0.5, 0.6) is 0 Å². The van der Waals surface area contributed by atoms with Gasteiger partial charge in [-0.05, 0) is 13.0 Å². The molecule has 3 nitrogen and oxygen atoms in total. The lowest BCUT2D eigenvalue weighted by Gasteiger charge is -1.94. The first-order valence-corrected chi connectivity index (χ1v) is 3.32. The number of allylic oxidation sites excluding steroid dienone is 1. The molecule has 0 N–H and O–H groups in total. The van der Waals surface area contributed by atoms with Crippen molar-refractivity contribution in [2.45, 2.75) is 6.92 Å². The van der Waals surface area contributed by atoms with Crippen LogP contribution in [-0.2, 0) is 7.05 Å². The minimum atomic E-state index is -0.0735. The minimum absolute atomic E-state index is 0.0735. The van der Waals surface area contributed by atoms with Crippen molar-refractivity contribution in [3.63, 3.8) is 0 Å². The molecule has 1 heterocycles. The van der Waals surface area contributed by atoms with Crippen LogP contribution < -0.4 is 0 Å². The maximum Gasteiger partial charge on any atom is 0.188 e. The number of aryl methyl sites for hydroxylation is 1. The van der Waals surface area contributed by atoms with Crippen molar-refractivity contribution >= 4 is 5.78 Å². The molecule has 0 fully saturated rings. The molecule has 0 amide bonds. The molecule has 0 saturated carbocycles. The topological polar surface area (TPSA) is 34.9 Å². The fraction of sp³-hybridized carbons (Fsp3) is 0.250. The number of hydrogen-bond acceptors (Lipinski definition) is 2. The van der Waals surface area contributed by atoms with Gasteiger partial charge in [0.25, 0.3) is 0 Å². The highest BCUT2D eigenvalue weighted by Crippen LogP contribution is 2.06. The van der Waals surface area contributed by atoms with Gasteiger partial charge in [0.1, 0.15) is 0 Å². The summed E-state index contributed by atoms with van der Waals surface area (Å²) < 4.78 is 1.66. The molecule has 0 radical (unpaired) electrons. The highest BCUT2D eigenvalue weighted by molar-refractivity contribution is 6.04. The molecule has 1 rings (SSSR count). The summed E-state index contributed by atoms with van der Waals surface area (Å²) in [6.45, 7) is 5.25. The normalized spacial score (nSPS) is 9.64. The van der Waals surface area contributed by atoms with Crippen molar-refractivity contribution in [1.82, 2.24) is 9.78 Å². The zero-order valence-corrected chi connectivity index (χ0v) is 6.66. The van der Waals surface area contributed by atoms with Crippen molar-refractivity contribution in [2.24, 2.45) is 7.05 Å². The van der Waals surface area contributed by atoms with E-state index in [0.29, 0.717) is 5.56 Å². The van der Waals surface area contributed by atoms with Crippen LogP contribution in [-0.4, -0.2) is 15.6 Å². The van der Waals surface area contributed by atoms with E-state index in [1.165, 1.54) is 6.08 Å². The van der Waals surface area contributed by atoms with Crippen LogP contribution in [0.2, 0.25) is 0 Å². The van der Waals surface area contributed by atoms with Crippen molar-refractivity contribution in [1.29, 1.82) is 0 Å². The van der Waals surface area contributed by atoms with Crippen molar-refractivity contribution in [2.75, 3.05) is 0 Å². The number of nitrogens with zero attached hydrogens (tertiary/aromatic N) is 2. The molecule has 0 bridgehead atoms. The van der Waals surface area contributed by atoms with E-state index < -0.39 is 0 Å². The Morgan fingerprint density at radius 3 is 2.82 bits per heavy atom. The van der Waals surface area contributed by atoms with E-state index in [2.05, 4.69) is 11.7 Å². The maximum absolute atomic E-state index is 11.1. The standard InChI is InChI=1S/C8H10N2O/c1-4-8(11)7-5-9-10(3)6(7)2/h4-5H,1H2,2-3H3. The summed E-state index contributed by atoms with van der Waals surface area (Å²) >= 11 is 0. The average molecular weight is 150 g/mol. The molecule has 0 spiro atoms. The van der Waals surface area contributed by atoms with Gasteiger partial charge in [-0.2, -0.15) is 5.10 Å². The first-order valence-electron chi connectivity index (χ1n) is 3.32. The highest BCUT2D eigenvalue weighted by Gasteiger charge is 2.08. The summed E-state index contributed by atoms with van der Waals surface area (Å²) in [5.41, 5.74) is 1.50. The summed E-state index contributed by atoms with van der Waals surface area (Å²) in [6, 6.07) is 0. The lowest BCUT2D eigenvalue weighted by atomic mass is 10.2. The Hall–Kier alpha value is -1.38. The SMILES string of the molecule is C=CC(=O)c1cnn(C)c1C. The molecule has 0 aliphatic rings. The molecule has 58 valence electrons. The third-order valence-electron chi connectivity index (χ3n) is 1.69. The van der Waals surface area contributed by atoms with E-state index >= 15 is 0 Å². The third-order valence-corrected chi connectivity index (χ3v) is 1.69. The van der Waals surface area contributed by atoms with Crippen LogP contribution in [0.3, 0.4) is 0 Å². The fourth-order valence-corrected chi connectivity index (χ4v) is 0.851.